The molecule has 2 aliphatic carbocycles. The van der Waals surface area contributed by atoms with Crippen LogP contribution in [-0.2, 0) is 32.1 Å². The minimum absolute atomic E-state index is 0. The van der Waals surface area contributed by atoms with Crippen molar-refractivity contribution in [1.29, 1.82) is 0 Å². The van der Waals surface area contributed by atoms with E-state index in [1.54, 1.807) is 28.4 Å². The molecule has 4 heteroatoms. The van der Waals surface area contributed by atoms with Crippen molar-refractivity contribution in [3.63, 3.8) is 0 Å². The van der Waals surface area contributed by atoms with Gasteiger partial charge in [0.05, 0.1) is 0 Å². The maximum Gasteiger partial charge on any atom is -1.00 e. The van der Waals surface area contributed by atoms with Crippen LogP contribution < -0.4 is 24.8 Å². The van der Waals surface area contributed by atoms with Crippen LogP contribution in [0.4, 0.5) is 0 Å². The van der Waals surface area contributed by atoms with E-state index in [1.165, 1.54) is 33.4 Å². The van der Waals surface area contributed by atoms with Gasteiger partial charge in [0.1, 0.15) is 0 Å². The summed E-state index contributed by atoms with van der Waals surface area (Å²) in [6, 6.07) is 37.9. The molecule has 48 heavy (non-hydrogen) atoms. The maximum atomic E-state index is 2.67. The fourth-order valence-electron chi connectivity index (χ4n) is 7.82. The van der Waals surface area contributed by atoms with Gasteiger partial charge in [-0.05, 0) is 0 Å². The van der Waals surface area contributed by atoms with Gasteiger partial charge in [-0.3, -0.25) is 0 Å². The van der Waals surface area contributed by atoms with Gasteiger partial charge in [0.15, 0.2) is 0 Å². The summed E-state index contributed by atoms with van der Waals surface area (Å²) in [4.78, 5) is 0. The third kappa shape index (κ3) is 7.21. The average molecular weight is 771 g/mol. The fraction of sp³-hybridized carbons (Fsp3) is 0.341. The van der Waals surface area contributed by atoms with Crippen molar-refractivity contribution in [3.8, 4) is 11.1 Å². The molecule has 0 fully saturated rings. The second-order valence-electron chi connectivity index (χ2n) is 16.7. The molecule has 0 bridgehead atoms. The van der Waals surface area contributed by atoms with E-state index in [2.05, 4.69) is 178 Å². The molecular weight excluding hydrogens is 719 g/mol. The van der Waals surface area contributed by atoms with Gasteiger partial charge in [-0.1, -0.05) is 0 Å². The van der Waals surface area contributed by atoms with Crippen molar-refractivity contribution >= 4 is 11.3 Å². The Morgan fingerprint density at radius 1 is 0.625 bits per heavy atom. The second kappa shape index (κ2) is 14.3. The molecule has 0 aromatic heterocycles. The Hall–Kier alpha value is -2.09. The van der Waals surface area contributed by atoms with Gasteiger partial charge in [-0.15, -0.1) is 0 Å². The van der Waals surface area contributed by atoms with Gasteiger partial charge >= 0.3 is 290 Å². The molecule has 0 spiro atoms. The monoisotopic (exact) mass is 768 g/mol. The van der Waals surface area contributed by atoms with Gasteiger partial charge in [0.25, 0.3) is 0 Å². The van der Waals surface area contributed by atoms with Crippen LogP contribution in [-0.4, -0.2) is 11.3 Å². The van der Waals surface area contributed by atoms with Crippen LogP contribution in [0.1, 0.15) is 92.4 Å². The Morgan fingerprint density at radius 3 is 1.40 bits per heavy atom. The Bertz CT molecular complexity index is 1790. The summed E-state index contributed by atoms with van der Waals surface area (Å²) < 4.78 is 3.84. The largest absolute Gasteiger partial charge is 1.00 e. The first-order chi connectivity index (χ1) is 21.6. The van der Waals surface area contributed by atoms with Crippen LogP contribution in [0.15, 0.2) is 117 Å². The molecule has 0 N–H and O–H groups in total. The molecule has 0 saturated heterocycles. The van der Waals surface area contributed by atoms with Gasteiger partial charge in [-0.2, -0.15) is 0 Å². The summed E-state index contributed by atoms with van der Waals surface area (Å²) in [5.41, 5.74) is 13.5. The zero-order valence-corrected chi connectivity index (χ0v) is 35.7. The molecule has 4 aromatic carbocycles. The molecule has 0 radical (unpaired) electrons. The van der Waals surface area contributed by atoms with Crippen molar-refractivity contribution in [2.45, 2.75) is 89.5 Å². The Kier molecular flexibility index (Phi) is 11.5. The smallest absolute Gasteiger partial charge is 1.00 e. The molecule has 2 aliphatic rings. The topological polar surface area (TPSA) is 0 Å². The van der Waals surface area contributed by atoms with Gasteiger partial charge in [0.2, 0.25) is 0 Å². The summed E-state index contributed by atoms with van der Waals surface area (Å²) >= 11 is -2.85. The standard InChI is InChI=1S/C21H25.C13H10.C10H17Si.2ClH.Zr/c1-20(2,3)16-9-7-14-11-15-8-10-17(21(4,5)6)13-19(15)18(14)12-16;1-3-7-12(8-4-1)11-13-9-5-2-6-10-13;1-8-6-9(2)10(7-8)11(3,4)5;;;/h7-13H,1-6H3;1-10H;7-8H,1-5H3;2*1H;/q;;;;;+2/p-2. The van der Waals surface area contributed by atoms with Crippen LogP contribution in [0, 0.1) is 5.92 Å². The first-order valence-corrected chi connectivity index (χ1v) is 24.5. The predicted molar refractivity (Wildman–Crippen MR) is 201 cm³/mol. The third-order valence-corrected chi connectivity index (χ3v) is 21.5. The van der Waals surface area contributed by atoms with Crippen molar-refractivity contribution < 1.29 is 46.1 Å². The molecule has 0 amide bonds. The number of hydrogen-bond donors (Lipinski definition) is 0. The van der Waals surface area contributed by atoms with E-state index in [9.17, 15) is 0 Å². The number of benzene rings is 4. The Morgan fingerprint density at radius 2 is 1.04 bits per heavy atom. The van der Waals surface area contributed by atoms with Crippen molar-refractivity contribution in [2.75, 3.05) is 0 Å². The summed E-state index contributed by atoms with van der Waals surface area (Å²) in [6.45, 7) is 26.7. The maximum absolute atomic E-state index is 2.85. The molecule has 0 nitrogen and oxygen atoms in total. The predicted octanol–water partition coefficient (Wildman–Crippen LogP) is 5.97. The van der Waals surface area contributed by atoms with E-state index in [0.29, 0.717) is 9.54 Å². The first-order valence-electron chi connectivity index (χ1n) is 17.2. The molecule has 6 rings (SSSR count). The molecule has 1 unspecified atom stereocenters. The van der Waals surface area contributed by atoms with E-state index in [0.717, 1.165) is 0 Å². The summed E-state index contributed by atoms with van der Waals surface area (Å²) in [7, 11) is -1.52. The number of halogens is 2. The van der Waals surface area contributed by atoms with Gasteiger partial charge in [-0.25, -0.2) is 0 Å². The van der Waals surface area contributed by atoms with Gasteiger partial charge < -0.3 is 24.8 Å². The molecule has 0 heterocycles. The van der Waals surface area contributed by atoms with E-state index in [-0.39, 0.29) is 35.6 Å². The average Bonchev–Trinajstić information content (AvgIpc) is 3.48. The SMILES string of the molecule is CC1=[C]([Zr+2](=[C](c2ccccc2)c2ccccc2)[CH]2c3ccc(C(C)(C)C)cc3-c3cc(C(C)(C)C)ccc32)C(C)C=C1[Si](C)(C)C.[Cl-].[Cl-]. The number of allylic oxidation sites excluding steroid dienone is 4. The quantitative estimate of drug-likeness (QED) is 0.220. The van der Waals surface area contributed by atoms with E-state index in [4.69, 9.17) is 0 Å². The zero-order valence-electron chi connectivity index (χ0n) is 30.7. The molecule has 250 valence electrons. The summed E-state index contributed by atoms with van der Waals surface area (Å²) in [5, 5.41) is 1.68. The molecule has 0 saturated carbocycles. The zero-order chi connectivity index (χ0) is 33.2. The second-order valence-corrected chi connectivity index (χ2v) is 27.8. The van der Waals surface area contributed by atoms with Crippen molar-refractivity contribution in [1.82, 2.24) is 0 Å². The van der Waals surface area contributed by atoms with E-state index < -0.39 is 29.3 Å². The minimum Gasteiger partial charge on any atom is -1.00 e. The Labute approximate surface area is 312 Å². The van der Waals surface area contributed by atoms with Crippen molar-refractivity contribution in [2.24, 2.45) is 5.92 Å². The van der Waals surface area contributed by atoms with Crippen LogP contribution in [0.2, 0.25) is 19.6 Å². The van der Waals surface area contributed by atoms with Gasteiger partial charge in [0, 0.05) is 0 Å². The minimum atomic E-state index is -2.85. The number of fused-ring (bicyclic) bond motifs is 3. The number of rotatable bonds is 5. The first kappa shape index (κ1) is 38.7. The summed E-state index contributed by atoms with van der Waals surface area (Å²) in [5.74, 6) is 0.466. The van der Waals surface area contributed by atoms with Crippen LogP contribution in [0.3, 0.4) is 0 Å². The van der Waals surface area contributed by atoms with E-state index in [1.807, 2.05) is 0 Å². The summed E-state index contributed by atoms with van der Waals surface area (Å²) in [6.07, 6.45) is 2.67. The van der Waals surface area contributed by atoms with Crippen LogP contribution >= 0.6 is 0 Å². The fourth-order valence-corrected chi connectivity index (χ4v) is 20.1. The normalized spacial score (nSPS) is 15.9. The molecular formula is C44H52Cl2SiZr. The van der Waals surface area contributed by atoms with Crippen LogP contribution in [0.25, 0.3) is 11.1 Å². The third-order valence-electron chi connectivity index (χ3n) is 10.2. The molecule has 1 atom stereocenters. The van der Waals surface area contributed by atoms with E-state index >= 15 is 0 Å². The molecule has 4 aromatic rings. The number of hydrogen-bond acceptors (Lipinski definition) is 0. The van der Waals surface area contributed by atoms with Crippen LogP contribution in [0.5, 0.6) is 0 Å². The Balaban J connectivity index is 0.00000260. The van der Waals surface area contributed by atoms with Crippen molar-refractivity contribution in [3.05, 3.63) is 151 Å². The molecule has 0 aliphatic heterocycles.